The molecule has 0 N–H and O–H groups in total. The summed E-state index contributed by atoms with van der Waals surface area (Å²) < 4.78 is 6.31. The lowest BCUT2D eigenvalue weighted by Gasteiger charge is -2.26. The lowest BCUT2D eigenvalue weighted by molar-refractivity contribution is 0.659. The molecule has 1 heterocycles. The minimum absolute atomic E-state index is 0.0138. The average Bonchev–Trinajstić information content (AvgIpc) is 3.80. The Balaban J connectivity index is 0.964. The van der Waals surface area contributed by atoms with Crippen LogP contribution < -0.4 is 0 Å². The van der Waals surface area contributed by atoms with E-state index in [1.807, 2.05) is 12.1 Å². The highest BCUT2D eigenvalue weighted by molar-refractivity contribution is 6.09. The molecular weight excluding hydrogens is 737 g/mol. The van der Waals surface area contributed by atoms with Gasteiger partial charge in [-0.1, -0.05) is 196 Å². The van der Waals surface area contributed by atoms with Crippen molar-refractivity contribution >= 4 is 43.5 Å². The number of rotatable bonds is 6. The molecule has 0 bridgehead atoms. The van der Waals surface area contributed by atoms with Crippen molar-refractivity contribution in [3.8, 4) is 44.5 Å². The summed E-state index contributed by atoms with van der Waals surface area (Å²) in [5.74, 6) is 0.0138. The topological polar surface area (TPSA) is 13.1 Å². The first kappa shape index (κ1) is 35.5. The molecule has 11 aromatic rings. The van der Waals surface area contributed by atoms with Gasteiger partial charge in [-0.05, 0) is 124 Å². The van der Waals surface area contributed by atoms with Gasteiger partial charge in [0.25, 0.3) is 0 Å². The van der Waals surface area contributed by atoms with Gasteiger partial charge in [-0.25, -0.2) is 0 Å². The van der Waals surface area contributed by atoms with Gasteiger partial charge in [0.15, 0.2) is 0 Å². The van der Waals surface area contributed by atoms with Crippen LogP contribution >= 0.6 is 0 Å². The van der Waals surface area contributed by atoms with Crippen LogP contribution in [0.25, 0.3) is 88.0 Å². The van der Waals surface area contributed by atoms with Gasteiger partial charge in [0.2, 0.25) is 0 Å². The van der Waals surface area contributed by atoms with Crippen LogP contribution in [-0.2, 0) is 5.41 Å². The molecule has 0 fully saturated rings. The van der Waals surface area contributed by atoms with Crippen molar-refractivity contribution in [1.82, 2.24) is 0 Å². The molecule has 1 atom stereocenters. The summed E-state index contributed by atoms with van der Waals surface area (Å²) in [5.41, 5.74) is 18.2. The quantitative estimate of drug-likeness (QED) is 0.121. The maximum absolute atomic E-state index is 6.31. The molecule has 0 saturated heterocycles. The average molecular weight is 779 g/mol. The van der Waals surface area contributed by atoms with Gasteiger partial charge in [0.05, 0.1) is 0 Å². The van der Waals surface area contributed by atoms with Gasteiger partial charge in [-0.15, -0.1) is 0 Å². The zero-order chi connectivity index (χ0) is 40.7. The molecule has 61 heavy (non-hydrogen) atoms. The Kier molecular flexibility index (Phi) is 8.02. The molecule has 0 spiro atoms. The van der Waals surface area contributed by atoms with Crippen LogP contribution in [0.3, 0.4) is 0 Å². The second-order valence-electron chi connectivity index (χ2n) is 17.2. The Hall–Kier alpha value is -7.48. The highest BCUT2D eigenvalue weighted by atomic mass is 16.3. The molecule has 288 valence electrons. The van der Waals surface area contributed by atoms with E-state index in [4.69, 9.17) is 4.42 Å². The molecule has 10 aromatic carbocycles. The molecule has 1 aliphatic carbocycles. The molecule has 1 heteroatoms. The third-order valence-corrected chi connectivity index (χ3v) is 13.4. The van der Waals surface area contributed by atoms with Crippen molar-refractivity contribution in [2.45, 2.75) is 25.2 Å². The molecule has 0 amide bonds. The van der Waals surface area contributed by atoms with Gasteiger partial charge < -0.3 is 4.42 Å². The number of hydrogen-bond donors (Lipinski definition) is 0. The van der Waals surface area contributed by atoms with Gasteiger partial charge in [0, 0.05) is 22.1 Å². The Morgan fingerprint density at radius 1 is 0.344 bits per heavy atom. The first-order valence-corrected chi connectivity index (χ1v) is 21.4. The minimum Gasteiger partial charge on any atom is -0.456 e. The zero-order valence-corrected chi connectivity index (χ0v) is 34.2. The maximum atomic E-state index is 6.31. The number of furan rings is 1. The van der Waals surface area contributed by atoms with E-state index in [1.165, 1.54) is 93.9 Å². The fraction of sp³-hybridized carbons (Fsp3) is 0.0667. The summed E-state index contributed by atoms with van der Waals surface area (Å²) in [6, 6.07) is 78.3. The second kappa shape index (κ2) is 13.8. The van der Waals surface area contributed by atoms with Crippen molar-refractivity contribution in [2.24, 2.45) is 0 Å². The van der Waals surface area contributed by atoms with E-state index in [0.29, 0.717) is 0 Å². The van der Waals surface area contributed by atoms with Crippen LogP contribution in [0, 0.1) is 0 Å². The summed E-state index contributed by atoms with van der Waals surface area (Å²) in [4.78, 5) is 0. The largest absolute Gasteiger partial charge is 0.456 e. The Morgan fingerprint density at radius 2 is 0.852 bits per heavy atom. The first-order chi connectivity index (χ1) is 30.0. The van der Waals surface area contributed by atoms with E-state index >= 15 is 0 Å². The van der Waals surface area contributed by atoms with Crippen LogP contribution in [0.2, 0.25) is 0 Å². The zero-order valence-electron chi connectivity index (χ0n) is 34.2. The Bertz CT molecular complexity index is 3480. The molecule has 0 saturated carbocycles. The van der Waals surface area contributed by atoms with Crippen LogP contribution in [-0.4, -0.2) is 0 Å². The van der Waals surface area contributed by atoms with Crippen LogP contribution in [0.15, 0.2) is 217 Å². The van der Waals surface area contributed by atoms with E-state index in [-0.39, 0.29) is 11.3 Å². The van der Waals surface area contributed by atoms with E-state index in [9.17, 15) is 0 Å². The molecule has 1 nitrogen and oxygen atoms in total. The predicted molar refractivity (Wildman–Crippen MR) is 256 cm³/mol. The Morgan fingerprint density at radius 3 is 1.61 bits per heavy atom. The molecule has 1 aliphatic rings. The van der Waals surface area contributed by atoms with Crippen molar-refractivity contribution in [1.29, 1.82) is 0 Å². The second-order valence-corrected chi connectivity index (χ2v) is 17.2. The minimum atomic E-state index is -0.202. The van der Waals surface area contributed by atoms with Gasteiger partial charge >= 0.3 is 0 Å². The molecule has 1 unspecified atom stereocenters. The highest BCUT2D eigenvalue weighted by Gasteiger charge is 2.37. The van der Waals surface area contributed by atoms with Crippen LogP contribution in [0.1, 0.15) is 47.6 Å². The number of hydrogen-bond acceptors (Lipinski definition) is 1. The normalized spacial score (nSPS) is 13.5. The summed E-state index contributed by atoms with van der Waals surface area (Å²) in [6.45, 7) is 4.79. The first-order valence-electron chi connectivity index (χ1n) is 21.4. The maximum Gasteiger partial charge on any atom is 0.136 e. The monoisotopic (exact) mass is 778 g/mol. The molecule has 12 rings (SSSR count). The fourth-order valence-electron chi connectivity index (χ4n) is 10.2. The van der Waals surface area contributed by atoms with Crippen LogP contribution in [0.5, 0.6) is 0 Å². The van der Waals surface area contributed by atoms with E-state index in [0.717, 1.165) is 21.9 Å². The summed E-state index contributed by atoms with van der Waals surface area (Å²) >= 11 is 0. The lowest BCUT2D eigenvalue weighted by Crippen LogP contribution is -2.16. The van der Waals surface area contributed by atoms with E-state index in [2.05, 4.69) is 214 Å². The third-order valence-electron chi connectivity index (χ3n) is 13.4. The van der Waals surface area contributed by atoms with Crippen molar-refractivity contribution in [3.63, 3.8) is 0 Å². The standard InChI is InChI=1S/C60H42O/c1-60(2)55-35-43(44-29-33-53-52-18-10-11-19-57(52)61-58(53)37-44)28-31-50(55)51-32-30-46(36-56(51)60)59(54-34-45-14-6-7-15-47(45)48-16-8-9-17-49(48)54)42-26-24-41(25-27-42)40-22-20-39(21-23-40)38-12-4-3-5-13-38/h3-37,59H,1-2H3. The van der Waals surface area contributed by atoms with Crippen LogP contribution in [0.4, 0.5) is 0 Å². The molecule has 1 aromatic heterocycles. The van der Waals surface area contributed by atoms with Crippen molar-refractivity contribution < 1.29 is 4.42 Å². The Labute approximate surface area is 356 Å². The lowest BCUT2D eigenvalue weighted by atomic mass is 9.77. The summed E-state index contributed by atoms with van der Waals surface area (Å²) in [7, 11) is 0. The van der Waals surface area contributed by atoms with E-state index in [1.54, 1.807) is 0 Å². The van der Waals surface area contributed by atoms with Gasteiger partial charge in [-0.2, -0.15) is 0 Å². The fourth-order valence-corrected chi connectivity index (χ4v) is 10.2. The van der Waals surface area contributed by atoms with Crippen molar-refractivity contribution in [2.75, 3.05) is 0 Å². The van der Waals surface area contributed by atoms with E-state index < -0.39 is 0 Å². The highest BCUT2D eigenvalue weighted by Crippen LogP contribution is 2.52. The molecule has 0 aliphatic heterocycles. The third kappa shape index (κ3) is 5.76. The van der Waals surface area contributed by atoms with Crippen molar-refractivity contribution in [3.05, 3.63) is 240 Å². The molecular formula is C60H42O. The number of fused-ring (bicyclic) bond motifs is 9. The van der Waals surface area contributed by atoms with Gasteiger partial charge in [0.1, 0.15) is 11.2 Å². The number of benzene rings is 10. The predicted octanol–water partition coefficient (Wildman–Crippen LogP) is 16.4. The number of para-hydroxylation sites is 1. The smallest absolute Gasteiger partial charge is 0.136 e. The molecule has 0 radical (unpaired) electrons. The summed E-state index contributed by atoms with van der Waals surface area (Å²) in [6.07, 6.45) is 0. The van der Waals surface area contributed by atoms with Gasteiger partial charge in [-0.3, -0.25) is 0 Å². The SMILES string of the molecule is CC1(C)c2cc(-c3ccc4c(c3)oc3ccccc34)ccc2-c2ccc(C(c3ccc(-c4ccc(-c5ccccc5)cc4)cc3)c3cc4ccccc4c4ccccc34)cc21. The summed E-state index contributed by atoms with van der Waals surface area (Å²) in [5, 5.41) is 7.44.